The molecule has 1 atom stereocenters. The summed E-state index contributed by atoms with van der Waals surface area (Å²) in [5, 5.41) is 7.31. The number of para-hydroxylation sites is 1. The lowest BCUT2D eigenvalue weighted by molar-refractivity contribution is -0.125. The first-order chi connectivity index (χ1) is 12.0. The molecule has 25 heavy (non-hydrogen) atoms. The molecule has 3 aromatic rings. The van der Waals surface area contributed by atoms with Crippen molar-refractivity contribution in [3.8, 4) is 0 Å². The van der Waals surface area contributed by atoms with Crippen LogP contribution in [0.1, 0.15) is 13.8 Å². The van der Waals surface area contributed by atoms with Crippen LogP contribution in [0, 0.1) is 5.92 Å². The minimum absolute atomic E-state index is 0.0125. The number of fused-ring (bicyclic) bond motifs is 3. The second-order valence-corrected chi connectivity index (χ2v) is 6.34. The molecule has 1 heterocycles. The molecule has 6 nitrogen and oxygen atoms in total. The van der Waals surface area contributed by atoms with E-state index in [9.17, 15) is 9.59 Å². The third-order valence-electron chi connectivity index (χ3n) is 4.11. The van der Waals surface area contributed by atoms with Crippen molar-refractivity contribution in [3.05, 3.63) is 42.5 Å². The molecule has 0 bridgehead atoms. The van der Waals surface area contributed by atoms with Gasteiger partial charge in [0.1, 0.15) is 11.2 Å². The molecular weight excluding hydrogens is 318 g/mol. The second kappa shape index (κ2) is 6.94. The van der Waals surface area contributed by atoms with E-state index in [1.807, 2.05) is 50.2 Å². The van der Waals surface area contributed by atoms with Crippen molar-refractivity contribution in [2.75, 3.05) is 11.9 Å². The van der Waals surface area contributed by atoms with E-state index in [4.69, 9.17) is 10.2 Å². The molecule has 0 saturated carbocycles. The largest absolute Gasteiger partial charge is 0.456 e. The number of furan rings is 1. The standard InChI is InChI=1S/C19H21N3O3/c1-11(2)18(20)19(24)21-10-17(23)22-12-7-8-14-13-5-3-4-6-15(13)25-16(14)9-12/h3-9,11,18H,10,20H2,1-2H3,(H,21,24)(H,22,23)/t18-/m0/s1. The number of anilines is 1. The zero-order valence-corrected chi connectivity index (χ0v) is 14.2. The molecule has 3 rings (SSSR count). The summed E-state index contributed by atoms with van der Waals surface area (Å²) in [5.74, 6) is -0.642. The van der Waals surface area contributed by atoms with E-state index in [0.29, 0.717) is 11.3 Å². The molecule has 0 aliphatic rings. The van der Waals surface area contributed by atoms with Gasteiger partial charge in [-0.1, -0.05) is 32.0 Å². The van der Waals surface area contributed by atoms with Crippen LogP contribution in [0.25, 0.3) is 21.9 Å². The average Bonchev–Trinajstić information content (AvgIpc) is 2.96. The predicted octanol–water partition coefficient (Wildman–Crippen LogP) is 2.62. The number of carbonyl (C=O) groups excluding carboxylic acids is 2. The fourth-order valence-electron chi connectivity index (χ4n) is 2.60. The highest BCUT2D eigenvalue weighted by molar-refractivity contribution is 6.06. The number of amides is 2. The van der Waals surface area contributed by atoms with Crippen molar-refractivity contribution in [3.63, 3.8) is 0 Å². The third-order valence-corrected chi connectivity index (χ3v) is 4.11. The summed E-state index contributed by atoms with van der Waals surface area (Å²) in [7, 11) is 0. The molecule has 0 fully saturated rings. The Morgan fingerprint density at radius 3 is 2.56 bits per heavy atom. The first-order valence-electron chi connectivity index (χ1n) is 8.20. The molecule has 1 aromatic heterocycles. The Kier molecular flexibility index (Phi) is 4.72. The highest BCUT2D eigenvalue weighted by Gasteiger charge is 2.17. The number of nitrogens with two attached hydrogens (primary N) is 1. The van der Waals surface area contributed by atoms with Crippen molar-refractivity contribution in [2.45, 2.75) is 19.9 Å². The molecule has 0 unspecified atom stereocenters. The summed E-state index contributed by atoms with van der Waals surface area (Å²) in [4.78, 5) is 23.8. The topological polar surface area (TPSA) is 97.4 Å². The molecule has 0 saturated heterocycles. The molecule has 2 amide bonds. The normalized spacial score (nSPS) is 12.5. The Labute approximate surface area is 145 Å². The van der Waals surface area contributed by atoms with Crippen LogP contribution in [0.4, 0.5) is 5.69 Å². The van der Waals surface area contributed by atoms with Crippen molar-refractivity contribution in [1.29, 1.82) is 0 Å². The summed E-state index contributed by atoms with van der Waals surface area (Å²) >= 11 is 0. The second-order valence-electron chi connectivity index (χ2n) is 6.34. The van der Waals surface area contributed by atoms with E-state index in [1.54, 1.807) is 6.07 Å². The van der Waals surface area contributed by atoms with Crippen LogP contribution in [0.3, 0.4) is 0 Å². The maximum atomic E-state index is 12.0. The minimum Gasteiger partial charge on any atom is -0.456 e. The van der Waals surface area contributed by atoms with Gasteiger partial charge < -0.3 is 20.8 Å². The van der Waals surface area contributed by atoms with Gasteiger partial charge in [0, 0.05) is 22.5 Å². The maximum absolute atomic E-state index is 12.0. The van der Waals surface area contributed by atoms with Gasteiger partial charge in [-0.3, -0.25) is 9.59 Å². The van der Waals surface area contributed by atoms with Crippen LogP contribution in [-0.2, 0) is 9.59 Å². The van der Waals surface area contributed by atoms with Gasteiger partial charge in [-0.2, -0.15) is 0 Å². The third kappa shape index (κ3) is 3.64. The molecule has 0 spiro atoms. The molecule has 0 radical (unpaired) electrons. The zero-order valence-electron chi connectivity index (χ0n) is 14.2. The van der Waals surface area contributed by atoms with Crippen molar-refractivity contribution in [2.24, 2.45) is 11.7 Å². The number of nitrogens with one attached hydrogen (secondary N) is 2. The molecule has 0 aliphatic carbocycles. The summed E-state index contributed by atoms with van der Waals surface area (Å²) in [5.41, 5.74) is 7.85. The zero-order chi connectivity index (χ0) is 18.0. The summed E-state index contributed by atoms with van der Waals surface area (Å²) < 4.78 is 5.79. The lowest BCUT2D eigenvalue weighted by Gasteiger charge is -2.15. The van der Waals surface area contributed by atoms with Gasteiger partial charge in [0.25, 0.3) is 0 Å². The van der Waals surface area contributed by atoms with E-state index in [2.05, 4.69) is 10.6 Å². The molecule has 2 aromatic carbocycles. The number of hydrogen-bond donors (Lipinski definition) is 3. The van der Waals surface area contributed by atoms with E-state index in [1.165, 1.54) is 0 Å². The Morgan fingerprint density at radius 2 is 1.80 bits per heavy atom. The highest BCUT2D eigenvalue weighted by Crippen LogP contribution is 2.30. The molecule has 0 aliphatic heterocycles. The first-order valence-corrected chi connectivity index (χ1v) is 8.20. The Balaban J connectivity index is 1.67. The number of benzene rings is 2. The van der Waals surface area contributed by atoms with Gasteiger partial charge in [-0.25, -0.2) is 0 Å². The Hall–Kier alpha value is -2.86. The molecule has 6 heteroatoms. The monoisotopic (exact) mass is 339 g/mol. The first kappa shape index (κ1) is 17.0. The van der Waals surface area contributed by atoms with Gasteiger partial charge in [0.2, 0.25) is 11.8 Å². The summed E-state index contributed by atoms with van der Waals surface area (Å²) in [6.45, 7) is 3.58. The molecular formula is C19H21N3O3. The van der Waals surface area contributed by atoms with Gasteiger partial charge in [-0.15, -0.1) is 0 Å². The van der Waals surface area contributed by atoms with Crippen LogP contribution in [-0.4, -0.2) is 24.4 Å². The number of hydrogen-bond acceptors (Lipinski definition) is 4. The fourth-order valence-corrected chi connectivity index (χ4v) is 2.60. The predicted molar refractivity (Wildman–Crippen MR) is 98.2 cm³/mol. The van der Waals surface area contributed by atoms with E-state index in [-0.39, 0.29) is 24.3 Å². The average molecular weight is 339 g/mol. The fraction of sp³-hybridized carbons (Fsp3) is 0.263. The maximum Gasteiger partial charge on any atom is 0.243 e. The van der Waals surface area contributed by atoms with Crippen LogP contribution < -0.4 is 16.4 Å². The van der Waals surface area contributed by atoms with E-state index < -0.39 is 6.04 Å². The lowest BCUT2D eigenvalue weighted by atomic mass is 10.1. The quantitative estimate of drug-likeness (QED) is 0.665. The summed E-state index contributed by atoms with van der Waals surface area (Å²) in [6.07, 6.45) is 0. The van der Waals surface area contributed by atoms with Crippen LogP contribution in [0.5, 0.6) is 0 Å². The lowest BCUT2D eigenvalue weighted by Crippen LogP contribution is -2.46. The summed E-state index contributed by atoms with van der Waals surface area (Å²) in [6, 6.07) is 12.6. The SMILES string of the molecule is CC(C)[C@H](N)C(=O)NCC(=O)Nc1ccc2c(c1)oc1ccccc12. The Morgan fingerprint density at radius 1 is 1.08 bits per heavy atom. The highest BCUT2D eigenvalue weighted by atomic mass is 16.3. The van der Waals surface area contributed by atoms with Crippen LogP contribution in [0.2, 0.25) is 0 Å². The van der Waals surface area contributed by atoms with Crippen molar-refractivity contribution in [1.82, 2.24) is 5.32 Å². The van der Waals surface area contributed by atoms with E-state index >= 15 is 0 Å². The minimum atomic E-state index is -0.625. The van der Waals surface area contributed by atoms with Crippen LogP contribution >= 0.6 is 0 Å². The smallest absolute Gasteiger partial charge is 0.243 e. The van der Waals surface area contributed by atoms with Crippen molar-refractivity contribution >= 4 is 39.4 Å². The van der Waals surface area contributed by atoms with Gasteiger partial charge in [0.05, 0.1) is 12.6 Å². The van der Waals surface area contributed by atoms with Crippen LogP contribution in [0.15, 0.2) is 46.9 Å². The van der Waals surface area contributed by atoms with Gasteiger partial charge in [0.15, 0.2) is 0 Å². The number of rotatable bonds is 5. The Bertz CT molecular complexity index is 930. The molecule has 4 N–H and O–H groups in total. The van der Waals surface area contributed by atoms with Gasteiger partial charge >= 0.3 is 0 Å². The van der Waals surface area contributed by atoms with Crippen molar-refractivity contribution < 1.29 is 14.0 Å². The van der Waals surface area contributed by atoms with Gasteiger partial charge in [-0.05, 0) is 24.1 Å². The number of carbonyl (C=O) groups is 2. The van der Waals surface area contributed by atoms with E-state index in [0.717, 1.165) is 16.4 Å². The molecule has 130 valence electrons.